The van der Waals surface area contributed by atoms with Gasteiger partial charge in [-0.25, -0.2) is 4.79 Å². The Hall–Kier alpha value is -2.15. The van der Waals surface area contributed by atoms with Gasteiger partial charge in [0.15, 0.2) is 0 Å². The minimum Gasteiger partial charge on any atom is -0.354 e. The van der Waals surface area contributed by atoms with E-state index in [9.17, 15) is 9.59 Å². The molecule has 130 valence electrons. The van der Waals surface area contributed by atoms with Gasteiger partial charge in [-0.1, -0.05) is 0 Å². The molecule has 2 saturated heterocycles. The second kappa shape index (κ2) is 8.10. The number of amides is 3. The van der Waals surface area contributed by atoms with E-state index in [1.54, 1.807) is 4.90 Å². The van der Waals surface area contributed by atoms with E-state index in [-0.39, 0.29) is 24.5 Å². The molecule has 3 rings (SSSR count). The van der Waals surface area contributed by atoms with Gasteiger partial charge < -0.3 is 15.5 Å². The van der Waals surface area contributed by atoms with Crippen LogP contribution in [0.5, 0.6) is 0 Å². The summed E-state index contributed by atoms with van der Waals surface area (Å²) in [5.74, 6) is -0.0742. The molecular formula is C17H25N5O2. The molecule has 1 aromatic heterocycles. The van der Waals surface area contributed by atoms with E-state index in [4.69, 9.17) is 0 Å². The fraction of sp³-hybridized carbons (Fsp3) is 0.588. The van der Waals surface area contributed by atoms with Crippen LogP contribution in [0.3, 0.4) is 0 Å². The predicted octanol–water partition coefficient (Wildman–Crippen LogP) is 0.577. The number of hydrogen-bond acceptors (Lipinski definition) is 4. The van der Waals surface area contributed by atoms with Crippen molar-refractivity contribution >= 4 is 11.9 Å². The van der Waals surface area contributed by atoms with E-state index in [2.05, 4.69) is 20.5 Å². The topological polar surface area (TPSA) is 77.6 Å². The standard InChI is InChI=1S/C17H25N5O2/c23-16-13-22(9-1-6-19-16)17(24)20-15-4-10-21(11-5-15)12-14-2-7-18-8-3-14/h2-3,7-8,15H,1,4-6,9-13H2,(H,19,23)(H,20,24). The minimum absolute atomic E-state index is 0.0742. The predicted molar refractivity (Wildman–Crippen MR) is 90.3 cm³/mol. The Kier molecular flexibility index (Phi) is 5.63. The number of rotatable bonds is 3. The van der Waals surface area contributed by atoms with Crippen LogP contribution in [0.2, 0.25) is 0 Å². The van der Waals surface area contributed by atoms with Crippen LogP contribution in [0.4, 0.5) is 4.79 Å². The van der Waals surface area contributed by atoms with Crippen LogP contribution >= 0.6 is 0 Å². The van der Waals surface area contributed by atoms with Gasteiger partial charge in [0, 0.05) is 51.2 Å². The van der Waals surface area contributed by atoms with E-state index >= 15 is 0 Å². The molecule has 7 nitrogen and oxygen atoms in total. The van der Waals surface area contributed by atoms with Crippen molar-refractivity contribution in [1.82, 2.24) is 25.4 Å². The molecule has 1 aromatic rings. The van der Waals surface area contributed by atoms with Crippen molar-refractivity contribution in [3.8, 4) is 0 Å². The number of aromatic nitrogens is 1. The Morgan fingerprint density at radius 2 is 2.00 bits per heavy atom. The summed E-state index contributed by atoms with van der Waals surface area (Å²) >= 11 is 0. The second-order valence-corrected chi connectivity index (χ2v) is 6.48. The highest BCUT2D eigenvalue weighted by molar-refractivity contribution is 5.84. The fourth-order valence-electron chi connectivity index (χ4n) is 3.23. The molecule has 3 amide bonds. The van der Waals surface area contributed by atoms with Gasteiger partial charge >= 0.3 is 6.03 Å². The van der Waals surface area contributed by atoms with E-state index in [0.717, 1.165) is 38.9 Å². The Bertz CT molecular complexity index is 557. The lowest BCUT2D eigenvalue weighted by atomic mass is 10.0. The van der Waals surface area contributed by atoms with Crippen LogP contribution in [-0.2, 0) is 11.3 Å². The summed E-state index contributed by atoms with van der Waals surface area (Å²) in [6, 6.07) is 4.16. The summed E-state index contributed by atoms with van der Waals surface area (Å²) in [5, 5.41) is 5.88. The monoisotopic (exact) mass is 331 g/mol. The Labute approximate surface area is 142 Å². The first-order valence-corrected chi connectivity index (χ1v) is 8.64. The quantitative estimate of drug-likeness (QED) is 0.849. The molecule has 0 spiro atoms. The van der Waals surface area contributed by atoms with Crippen molar-refractivity contribution in [3.63, 3.8) is 0 Å². The minimum atomic E-state index is -0.111. The SMILES string of the molecule is O=C1CN(C(=O)NC2CCN(Cc3ccncc3)CC2)CCCN1. The maximum Gasteiger partial charge on any atom is 0.318 e. The first kappa shape index (κ1) is 16.7. The smallest absolute Gasteiger partial charge is 0.318 e. The molecule has 2 aliphatic rings. The number of urea groups is 1. The third-order valence-electron chi connectivity index (χ3n) is 4.62. The molecular weight excluding hydrogens is 306 g/mol. The van der Waals surface area contributed by atoms with Crippen molar-refractivity contribution in [2.75, 3.05) is 32.7 Å². The van der Waals surface area contributed by atoms with Crippen LogP contribution in [0, 0.1) is 0 Å². The van der Waals surface area contributed by atoms with Crippen LogP contribution in [0.15, 0.2) is 24.5 Å². The molecule has 2 aliphatic heterocycles. The molecule has 0 radical (unpaired) electrons. The summed E-state index contributed by atoms with van der Waals surface area (Å²) in [5.41, 5.74) is 1.27. The van der Waals surface area contributed by atoms with Crippen molar-refractivity contribution in [3.05, 3.63) is 30.1 Å². The molecule has 0 atom stereocenters. The third kappa shape index (κ3) is 4.67. The van der Waals surface area contributed by atoms with Gasteiger partial charge in [-0.2, -0.15) is 0 Å². The summed E-state index contributed by atoms with van der Waals surface area (Å²) in [6.07, 6.45) is 6.33. The molecule has 0 unspecified atom stereocenters. The number of likely N-dealkylation sites (tertiary alicyclic amines) is 1. The lowest BCUT2D eigenvalue weighted by Crippen LogP contribution is -2.50. The van der Waals surface area contributed by atoms with Gasteiger partial charge in [-0.3, -0.25) is 14.7 Å². The van der Waals surface area contributed by atoms with Crippen LogP contribution < -0.4 is 10.6 Å². The molecule has 3 heterocycles. The van der Waals surface area contributed by atoms with E-state index in [1.165, 1.54) is 5.56 Å². The normalized spacial score (nSPS) is 20.3. The van der Waals surface area contributed by atoms with Crippen molar-refractivity contribution < 1.29 is 9.59 Å². The van der Waals surface area contributed by atoms with E-state index in [1.807, 2.05) is 24.5 Å². The van der Waals surface area contributed by atoms with Crippen molar-refractivity contribution in [2.45, 2.75) is 31.8 Å². The number of pyridine rings is 1. The summed E-state index contributed by atoms with van der Waals surface area (Å²) in [4.78, 5) is 32.0. The Balaban J connectivity index is 1.43. The number of hydrogen-bond donors (Lipinski definition) is 2. The second-order valence-electron chi connectivity index (χ2n) is 6.48. The van der Waals surface area contributed by atoms with Gasteiger partial charge in [0.25, 0.3) is 0 Å². The molecule has 24 heavy (non-hydrogen) atoms. The first-order valence-electron chi connectivity index (χ1n) is 8.64. The first-order chi connectivity index (χ1) is 11.7. The van der Waals surface area contributed by atoms with Gasteiger partial charge in [-0.05, 0) is 37.0 Å². The summed E-state index contributed by atoms with van der Waals surface area (Å²) in [6.45, 7) is 4.30. The van der Waals surface area contributed by atoms with Crippen molar-refractivity contribution in [1.29, 1.82) is 0 Å². The third-order valence-corrected chi connectivity index (χ3v) is 4.62. The highest BCUT2D eigenvalue weighted by Crippen LogP contribution is 2.14. The van der Waals surface area contributed by atoms with E-state index < -0.39 is 0 Å². The number of carbonyl (C=O) groups excluding carboxylic acids is 2. The Morgan fingerprint density at radius 1 is 1.25 bits per heavy atom. The lowest BCUT2D eigenvalue weighted by molar-refractivity contribution is -0.121. The highest BCUT2D eigenvalue weighted by Gasteiger charge is 2.24. The average molecular weight is 331 g/mol. The number of nitrogens with one attached hydrogen (secondary N) is 2. The maximum absolute atomic E-state index is 12.4. The van der Waals surface area contributed by atoms with Crippen LogP contribution in [0.25, 0.3) is 0 Å². The average Bonchev–Trinajstić information content (AvgIpc) is 2.82. The molecule has 7 heteroatoms. The number of piperidine rings is 1. The van der Waals surface area contributed by atoms with Crippen LogP contribution in [-0.4, -0.2) is 65.5 Å². The van der Waals surface area contributed by atoms with Gasteiger partial charge in [-0.15, -0.1) is 0 Å². The maximum atomic E-state index is 12.4. The summed E-state index contributed by atoms with van der Waals surface area (Å²) < 4.78 is 0. The van der Waals surface area contributed by atoms with E-state index in [0.29, 0.717) is 13.1 Å². The van der Waals surface area contributed by atoms with Gasteiger partial charge in [0.05, 0.1) is 0 Å². The molecule has 0 bridgehead atoms. The number of nitrogens with zero attached hydrogens (tertiary/aromatic N) is 3. The van der Waals surface area contributed by atoms with Crippen molar-refractivity contribution in [2.24, 2.45) is 0 Å². The molecule has 0 aromatic carbocycles. The molecule has 2 N–H and O–H groups in total. The lowest BCUT2D eigenvalue weighted by Gasteiger charge is -2.33. The van der Waals surface area contributed by atoms with Gasteiger partial charge in [0.1, 0.15) is 6.54 Å². The number of carbonyl (C=O) groups is 2. The zero-order chi connectivity index (χ0) is 16.8. The highest BCUT2D eigenvalue weighted by atomic mass is 16.2. The molecule has 2 fully saturated rings. The fourth-order valence-corrected chi connectivity index (χ4v) is 3.23. The molecule has 0 aliphatic carbocycles. The molecule has 0 saturated carbocycles. The Morgan fingerprint density at radius 3 is 2.75 bits per heavy atom. The largest absolute Gasteiger partial charge is 0.354 e. The zero-order valence-corrected chi connectivity index (χ0v) is 13.9. The van der Waals surface area contributed by atoms with Crippen LogP contribution in [0.1, 0.15) is 24.8 Å². The zero-order valence-electron chi connectivity index (χ0n) is 13.9. The summed E-state index contributed by atoms with van der Waals surface area (Å²) in [7, 11) is 0. The van der Waals surface area contributed by atoms with Gasteiger partial charge in [0.2, 0.25) is 5.91 Å².